The summed E-state index contributed by atoms with van der Waals surface area (Å²) in [5.41, 5.74) is 1.16. The Hall–Kier alpha value is -1.55. The Morgan fingerprint density at radius 3 is 2.55 bits per heavy atom. The average molecular weight is 279 g/mol. The molecule has 0 saturated heterocycles. The molecule has 0 amide bonds. The van der Waals surface area contributed by atoms with Crippen LogP contribution in [0.5, 0.6) is 5.75 Å². The largest absolute Gasteiger partial charge is 0.494 e. The summed E-state index contributed by atoms with van der Waals surface area (Å²) >= 11 is 0. The third-order valence-electron chi connectivity index (χ3n) is 3.15. The van der Waals surface area contributed by atoms with E-state index in [4.69, 9.17) is 9.84 Å². The van der Waals surface area contributed by atoms with Gasteiger partial charge in [0.15, 0.2) is 0 Å². The molecule has 0 aliphatic carbocycles. The minimum Gasteiger partial charge on any atom is -0.494 e. The van der Waals surface area contributed by atoms with Gasteiger partial charge in [-0.3, -0.25) is 4.79 Å². The zero-order chi connectivity index (χ0) is 15.0. The summed E-state index contributed by atoms with van der Waals surface area (Å²) in [6, 6.07) is 8.01. The van der Waals surface area contributed by atoms with Crippen molar-refractivity contribution < 1.29 is 14.6 Å². The second-order valence-corrected chi connectivity index (χ2v) is 5.28. The fourth-order valence-electron chi connectivity index (χ4n) is 1.95. The van der Waals surface area contributed by atoms with E-state index < -0.39 is 5.97 Å². The van der Waals surface area contributed by atoms with Gasteiger partial charge in [0.05, 0.1) is 12.5 Å². The van der Waals surface area contributed by atoms with E-state index in [0.717, 1.165) is 37.3 Å². The zero-order valence-electron chi connectivity index (χ0n) is 12.6. The second kappa shape index (κ2) is 8.59. The van der Waals surface area contributed by atoms with Crippen LogP contribution in [0.3, 0.4) is 0 Å². The van der Waals surface area contributed by atoms with Crippen LogP contribution in [0.1, 0.15) is 32.3 Å². The lowest BCUT2D eigenvalue weighted by Crippen LogP contribution is -2.28. The van der Waals surface area contributed by atoms with Gasteiger partial charge in [-0.15, -0.1) is 0 Å². The summed E-state index contributed by atoms with van der Waals surface area (Å²) in [5.74, 6) is -0.211. The Morgan fingerprint density at radius 1 is 1.35 bits per heavy atom. The van der Waals surface area contributed by atoms with Gasteiger partial charge in [0.1, 0.15) is 5.75 Å². The van der Waals surface area contributed by atoms with Gasteiger partial charge in [-0.1, -0.05) is 32.4 Å². The third-order valence-corrected chi connectivity index (χ3v) is 3.15. The molecule has 0 radical (unpaired) electrons. The van der Waals surface area contributed by atoms with Crippen molar-refractivity contribution in [3.05, 3.63) is 29.8 Å². The third kappa shape index (κ3) is 6.06. The highest BCUT2D eigenvalue weighted by molar-refractivity contribution is 5.69. The Bertz CT molecular complexity index is 403. The first kappa shape index (κ1) is 16.5. The summed E-state index contributed by atoms with van der Waals surface area (Å²) in [7, 11) is 1.94. The molecule has 1 N–H and O–H groups in total. The Morgan fingerprint density at radius 2 is 2.00 bits per heavy atom. The number of carboxylic acid groups (broad SMARTS) is 1. The fraction of sp³-hybridized carbons (Fsp3) is 0.562. The molecule has 0 bridgehead atoms. The number of hydrogen-bond donors (Lipinski definition) is 1. The van der Waals surface area contributed by atoms with Crippen LogP contribution >= 0.6 is 0 Å². The minimum atomic E-state index is -0.753. The second-order valence-electron chi connectivity index (χ2n) is 5.28. The van der Waals surface area contributed by atoms with E-state index in [-0.39, 0.29) is 5.92 Å². The number of aliphatic carboxylic acids is 1. The van der Waals surface area contributed by atoms with Crippen molar-refractivity contribution in [1.82, 2.24) is 4.90 Å². The van der Waals surface area contributed by atoms with Crippen molar-refractivity contribution >= 4 is 5.97 Å². The fourth-order valence-corrected chi connectivity index (χ4v) is 1.95. The van der Waals surface area contributed by atoms with Crippen LogP contribution in [0.15, 0.2) is 24.3 Å². The molecule has 4 nitrogen and oxygen atoms in total. The van der Waals surface area contributed by atoms with Crippen LogP contribution < -0.4 is 4.74 Å². The van der Waals surface area contributed by atoms with Gasteiger partial charge >= 0.3 is 5.97 Å². The molecular formula is C16H25NO3. The molecule has 1 aromatic rings. The molecule has 1 unspecified atom stereocenters. The van der Waals surface area contributed by atoms with Gasteiger partial charge in [-0.05, 0) is 31.2 Å². The van der Waals surface area contributed by atoms with Crippen LogP contribution in [0.2, 0.25) is 0 Å². The average Bonchev–Trinajstić information content (AvgIpc) is 2.40. The van der Waals surface area contributed by atoms with E-state index in [1.54, 1.807) is 6.92 Å². The number of unbranched alkanes of at least 4 members (excludes halogenated alkanes) is 1. The van der Waals surface area contributed by atoms with Gasteiger partial charge in [-0.2, -0.15) is 0 Å². The first-order valence-electron chi connectivity index (χ1n) is 7.16. The van der Waals surface area contributed by atoms with Crippen molar-refractivity contribution in [1.29, 1.82) is 0 Å². The molecule has 1 aromatic carbocycles. The molecule has 0 aliphatic rings. The molecule has 4 heteroatoms. The first-order chi connectivity index (χ1) is 9.52. The number of ether oxygens (including phenoxy) is 1. The molecule has 0 saturated carbocycles. The summed E-state index contributed by atoms with van der Waals surface area (Å²) in [6.07, 6.45) is 2.20. The topological polar surface area (TPSA) is 49.8 Å². The number of carboxylic acids is 1. The lowest BCUT2D eigenvalue weighted by atomic mass is 10.1. The highest BCUT2D eigenvalue weighted by Crippen LogP contribution is 2.14. The van der Waals surface area contributed by atoms with Gasteiger partial charge in [0, 0.05) is 13.1 Å². The van der Waals surface area contributed by atoms with E-state index in [0.29, 0.717) is 6.54 Å². The van der Waals surface area contributed by atoms with Crippen LogP contribution in [-0.2, 0) is 11.3 Å². The van der Waals surface area contributed by atoms with Crippen molar-refractivity contribution in [3.8, 4) is 5.75 Å². The number of hydrogen-bond acceptors (Lipinski definition) is 3. The lowest BCUT2D eigenvalue weighted by molar-refractivity contribution is -0.141. The van der Waals surface area contributed by atoms with E-state index in [2.05, 4.69) is 6.92 Å². The monoisotopic (exact) mass is 279 g/mol. The van der Waals surface area contributed by atoms with Crippen LogP contribution in [0.4, 0.5) is 0 Å². The summed E-state index contributed by atoms with van der Waals surface area (Å²) in [5, 5.41) is 8.89. The van der Waals surface area contributed by atoms with Crippen molar-refractivity contribution in [2.24, 2.45) is 5.92 Å². The zero-order valence-corrected chi connectivity index (χ0v) is 12.6. The highest BCUT2D eigenvalue weighted by Gasteiger charge is 2.13. The molecule has 1 rings (SSSR count). The van der Waals surface area contributed by atoms with Gasteiger partial charge < -0.3 is 14.7 Å². The maximum absolute atomic E-state index is 10.8. The first-order valence-corrected chi connectivity index (χ1v) is 7.16. The molecule has 0 fully saturated rings. The number of carbonyl (C=O) groups is 1. The summed E-state index contributed by atoms with van der Waals surface area (Å²) < 4.78 is 5.61. The maximum atomic E-state index is 10.8. The standard InChI is InChI=1S/C16H25NO3/c1-4-5-10-20-15-8-6-14(7-9-15)12-17(3)11-13(2)16(18)19/h6-9,13H,4-5,10-12H2,1-3H3,(H,18,19). The lowest BCUT2D eigenvalue weighted by Gasteiger charge is -2.19. The van der Waals surface area contributed by atoms with Crippen LogP contribution in [0.25, 0.3) is 0 Å². The van der Waals surface area contributed by atoms with E-state index in [9.17, 15) is 4.79 Å². The molecule has 1 atom stereocenters. The minimum absolute atomic E-state index is 0.350. The van der Waals surface area contributed by atoms with Gasteiger partial charge in [0.2, 0.25) is 0 Å². The van der Waals surface area contributed by atoms with Crippen molar-refractivity contribution in [3.63, 3.8) is 0 Å². The Labute approximate surface area is 121 Å². The quantitative estimate of drug-likeness (QED) is 0.706. The van der Waals surface area contributed by atoms with Crippen molar-refractivity contribution in [2.45, 2.75) is 33.2 Å². The molecule has 20 heavy (non-hydrogen) atoms. The molecule has 0 heterocycles. The Kier molecular flexibility index (Phi) is 7.09. The predicted molar refractivity (Wildman–Crippen MR) is 80.0 cm³/mol. The molecule has 0 aromatic heterocycles. The highest BCUT2D eigenvalue weighted by atomic mass is 16.5. The van der Waals surface area contributed by atoms with Crippen LogP contribution in [0, 0.1) is 5.92 Å². The molecular weight excluding hydrogens is 254 g/mol. The molecule has 112 valence electrons. The normalized spacial score (nSPS) is 12.4. The van der Waals surface area contributed by atoms with Gasteiger partial charge in [0.25, 0.3) is 0 Å². The van der Waals surface area contributed by atoms with Crippen LogP contribution in [-0.4, -0.2) is 36.2 Å². The van der Waals surface area contributed by atoms with Crippen molar-refractivity contribution in [2.75, 3.05) is 20.2 Å². The number of benzene rings is 1. The molecule has 0 spiro atoms. The summed E-state index contributed by atoms with van der Waals surface area (Å²) in [6.45, 7) is 5.91. The van der Waals surface area contributed by atoms with E-state index in [1.165, 1.54) is 0 Å². The summed E-state index contributed by atoms with van der Waals surface area (Å²) in [4.78, 5) is 12.8. The smallest absolute Gasteiger partial charge is 0.307 e. The maximum Gasteiger partial charge on any atom is 0.307 e. The SMILES string of the molecule is CCCCOc1ccc(CN(C)CC(C)C(=O)O)cc1. The predicted octanol–water partition coefficient (Wildman–Crippen LogP) is 3.02. The number of rotatable bonds is 9. The van der Waals surface area contributed by atoms with E-state index in [1.807, 2.05) is 36.2 Å². The Balaban J connectivity index is 2.42. The molecule has 0 aliphatic heterocycles. The number of nitrogens with zero attached hydrogens (tertiary/aromatic N) is 1. The van der Waals surface area contributed by atoms with Gasteiger partial charge in [-0.25, -0.2) is 0 Å². The van der Waals surface area contributed by atoms with E-state index >= 15 is 0 Å².